The van der Waals surface area contributed by atoms with Gasteiger partial charge in [0.25, 0.3) is 5.24 Å². The second kappa shape index (κ2) is 14.8. The number of rotatable bonds is 7. The largest absolute Gasteiger partial charge is 0.391 e. The molecule has 0 aromatic heterocycles. The number of nitrogens with zero attached hydrogens (tertiary/aromatic N) is 3. The maximum atomic E-state index is 12.4. The molecule has 0 saturated carbocycles. The molecule has 9 nitrogen and oxygen atoms in total. The molecule has 1 aromatic rings. The molecular weight excluding hydrogens is 490 g/mol. The fourth-order valence-electron chi connectivity index (χ4n) is 3.51. The molecule has 10 heteroatoms. The summed E-state index contributed by atoms with van der Waals surface area (Å²) in [5, 5.41) is 15.5. The van der Waals surface area contributed by atoms with Gasteiger partial charge in [0.1, 0.15) is 11.9 Å². The summed E-state index contributed by atoms with van der Waals surface area (Å²) in [5.41, 5.74) is 2.01. The summed E-state index contributed by atoms with van der Waals surface area (Å²) < 4.78 is 0. The molecule has 1 aromatic carbocycles. The van der Waals surface area contributed by atoms with Crippen molar-refractivity contribution >= 4 is 40.8 Å². The summed E-state index contributed by atoms with van der Waals surface area (Å²) in [6.45, 7) is 16.1. The lowest BCUT2D eigenvalue weighted by Crippen LogP contribution is -2.43. The fraction of sp³-hybridized carbons (Fsp3) is 0.556. The van der Waals surface area contributed by atoms with Crippen LogP contribution in [0.4, 0.5) is 10.5 Å². The number of likely N-dealkylation sites (tertiary alicyclic amines) is 1. The van der Waals surface area contributed by atoms with Crippen molar-refractivity contribution in [1.82, 2.24) is 15.5 Å². The number of aliphatic hydroxyl groups excluding tert-OH is 1. The maximum absolute atomic E-state index is 12.4. The number of aliphatic hydroxyl groups is 1. The second-order valence-corrected chi connectivity index (χ2v) is 10.9. The monoisotopic (exact) mass is 533 g/mol. The van der Waals surface area contributed by atoms with Gasteiger partial charge in [-0.15, -0.1) is 0 Å². The minimum absolute atomic E-state index is 0.0485. The Morgan fingerprint density at radius 1 is 1.24 bits per heavy atom. The van der Waals surface area contributed by atoms with Crippen LogP contribution in [0.1, 0.15) is 59.6 Å². The average molecular weight is 534 g/mol. The molecule has 0 bridgehead atoms. The molecule has 0 spiro atoms. The third-order valence-corrected chi connectivity index (χ3v) is 6.95. The molecule has 206 valence electrons. The average Bonchev–Trinajstić information content (AvgIpc) is 3.25. The standard InChI is InChI=1S/C19H26N4O3.C8H17NOS/c1-5-23(14(3)20-4)16-8-6-15(7-9-16)13(2)21-19(26)18-10-17(25)11-22(18)12-24;1-6(8(2,3)4)9-7(10)11-5/h5-9,12-13,17-18,25H,1,10-11H2,2-4H3,(H,21,26);6H,1-5H3,(H,9,10). The van der Waals surface area contributed by atoms with Crippen LogP contribution in [0.25, 0.3) is 0 Å². The highest BCUT2D eigenvalue weighted by Crippen LogP contribution is 2.22. The van der Waals surface area contributed by atoms with Crippen molar-refractivity contribution < 1.29 is 19.5 Å². The minimum Gasteiger partial charge on any atom is -0.391 e. The van der Waals surface area contributed by atoms with E-state index in [1.807, 2.05) is 49.9 Å². The van der Waals surface area contributed by atoms with Crippen LogP contribution >= 0.6 is 11.8 Å². The highest BCUT2D eigenvalue weighted by Gasteiger charge is 2.35. The van der Waals surface area contributed by atoms with E-state index in [9.17, 15) is 19.5 Å². The van der Waals surface area contributed by atoms with Gasteiger partial charge >= 0.3 is 0 Å². The van der Waals surface area contributed by atoms with Crippen molar-refractivity contribution in [3.63, 3.8) is 0 Å². The van der Waals surface area contributed by atoms with Gasteiger partial charge in [-0.1, -0.05) is 51.2 Å². The molecular formula is C27H43N5O4S. The second-order valence-electron chi connectivity index (χ2n) is 10.1. The molecule has 2 rings (SSSR count). The Morgan fingerprint density at radius 3 is 2.30 bits per heavy atom. The van der Waals surface area contributed by atoms with E-state index in [1.165, 1.54) is 16.7 Å². The SMILES string of the molecule is C=CN(C(C)=NC)c1ccc(C(C)NC(=O)C2CC(O)CN2C=O)cc1.CSC(=O)NC(C)C(C)(C)C. The summed E-state index contributed by atoms with van der Waals surface area (Å²) in [7, 11) is 1.72. The van der Waals surface area contributed by atoms with Gasteiger partial charge in [-0.2, -0.15) is 0 Å². The van der Waals surface area contributed by atoms with E-state index in [0.29, 0.717) is 6.41 Å². The molecule has 1 aliphatic rings. The molecule has 37 heavy (non-hydrogen) atoms. The lowest BCUT2D eigenvalue weighted by Gasteiger charge is -2.27. The van der Waals surface area contributed by atoms with E-state index in [1.54, 1.807) is 19.5 Å². The van der Waals surface area contributed by atoms with Crippen molar-refractivity contribution in [1.29, 1.82) is 0 Å². The first kappa shape index (κ1) is 32.2. The number of carbonyl (C=O) groups is 3. The third-order valence-electron chi connectivity index (χ3n) is 6.46. The highest BCUT2D eigenvalue weighted by molar-refractivity contribution is 8.12. The van der Waals surface area contributed by atoms with Gasteiger partial charge in [-0.25, -0.2) is 0 Å². The number of aliphatic imine (C=N–C) groups is 1. The van der Waals surface area contributed by atoms with E-state index >= 15 is 0 Å². The molecule has 0 aliphatic carbocycles. The Morgan fingerprint density at radius 2 is 1.84 bits per heavy atom. The highest BCUT2D eigenvalue weighted by atomic mass is 32.2. The van der Waals surface area contributed by atoms with Crippen LogP contribution in [0.3, 0.4) is 0 Å². The molecule has 0 radical (unpaired) electrons. The minimum atomic E-state index is -0.654. The van der Waals surface area contributed by atoms with Crippen LogP contribution in [0, 0.1) is 5.41 Å². The predicted molar refractivity (Wildman–Crippen MR) is 153 cm³/mol. The molecule has 3 amide bonds. The van der Waals surface area contributed by atoms with E-state index in [4.69, 9.17) is 0 Å². The fourth-order valence-corrected chi connectivity index (χ4v) is 3.81. The van der Waals surface area contributed by atoms with Crippen LogP contribution in [0.2, 0.25) is 0 Å². The number of carbonyl (C=O) groups excluding carboxylic acids is 3. The van der Waals surface area contributed by atoms with Gasteiger partial charge in [0.05, 0.1) is 12.1 Å². The number of amidine groups is 1. The van der Waals surface area contributed by atoms with Crippen molar-refractivity contribution in [2.75, 3.05) is 24.7 Å². The summed E-state index contributed by atoms with van der Waals surface area (Å²) in [5.74, 6) is 0.565. The summed E-state index contributed by atoms with van der Waals surface area (Å²) >= 11 is 1.22. The summed E-state index contributed by atoms with van der Waals surface area (Å²) in [6, 6.07) is 7.12. The Balaban J connectivity index is 0.000000525. The number of hydrogen-bond acceptors (Lipinski definition) is 6. The van der Waals surface area contributed by atoms with Crippen molar-refractivity contribution in [3.8, 4) is 0 Å². The van der Waals surface area contributed by atoms with Crippen LogP contribution in [-0.2, 0) is 9.59 Å². The van der Waals surface area contributed by atoms with Gasteiger partial charge in [-0.05, 0) is 50.1 Å². The smallest absolute Gasteiger partial charge is 0.279 e. The van der Waals surface area contributed by atoms with Crippen LogP contribution in [-0.4, -0.2) is 71.4 Å². The normalized spacial score (nSPS) is 19.2. The number of benzene rings is 1. The molecule has 1 aliphatic heterocycles. The Labute approximate surface area is 225 Å². The Bertz CT molecular complexity index is 945. The van der Waals surface area contributed by atoms with Crippen LogP contribution < -0.4 is 15.5 Å². The van der Waals surface area contributed by atoms with Gasteiger partial charge in [0.15, 0.2) is 0 Å². The van der Waals surface area contributed by atoms with Gasteiger partial charge < -0.3 is 25.5 Å². The summed E-state index contributed by atoms with van der Waals surface area (Å²) in [4.78, 5) is 41.8. The quantitative estimate of drug-likeness (QED) is 0.278. The predicted octanol–water partition coefficient (Wildman–Crippen LogP) is 3.95. The third kappa shape index (κ3) is 9.85. The number of hydrogen-bond donors (Lipinski definition) is 3. The zero-order valence-electron chi connectivity index (χ0n) is 23.3. The zero-order valence-corrected chi connectivity index (χ0v) is 24.1. The molecule has 1 fully saturated rings. The first-order valence-electron chi connectivity index (χ1n) is 12.3. The lowest BCUT2D eigenvalue weighted by molar-refractivity contribution is -0.131. The van der Waals surface area contributed by atoms with E-state index in [0.717, 1.165) is 17.1 Å². The van der Waals surface area contributed by atoms with Gasteiger partial charge in [0.2, 0.25) is 12.3 Å². The van der Waals surface area contributed by atoms with Crippen LogP contribution in [0.5, 0.6) is 0 Å². The number of thioether (sulfide) groups is 1. The number of β-amino-alcohol motifs (C(OH)–C–C–N with tert-alkyl or cyclic N) is 1. The topological polar surface area (TPSA) is 114 Å². The van der Waals surface area contributed by atoms with Crippen molar-refractivity contribution in [3.05, 3.63) is 42.6 Å². The summed E-state index contributed by atoms with van der Waals surface area (Å²) in [6.07, 6.45) is 3.70. The molecule has 4 unspecified atom stereocenters. The first-order chi connectivity index (χ1) is 17.3. The van der Waals surface area contributed by atoms with E-state index in [-0.39, 0.29) is 41.6 Å². The molecule has 1 heterocycles. The number of nitrogens with one attached hydrogen (secondary N) is 2. The van der Waals surface area contributed by atoms with Gasteiger partial charge in [0, 0.05) is 37.9 Å². The van der Waals surface area contributed by atoms with Crippen molar-refractivity contribution in [2.45, 2.75) is 72.2 Å². The zero-order chi connectivity index (χ0) is 28.3. The Hall–Kier alpha value is -2.85. The Kier molecular flexibility index (Phi) is 12.9. The van der Waals surface area contributed by atoms with E-state index in [2.05, 4.69) is 43.0 Å². The molecule has 1 saturated heterocycles. The molecule has 4 atom stereocenters. The molecule has 3 N–H and O–H groups in total. The van der Waals surface area contributed by atoms with E-state index < -0.39 is 12.1 Å². The van der Waals surface area contributed by atoms with Gasteiger partial charge in [-0.3, -0.25) is 19.4 Å². The maximum Gasteiger partial charge on any atom is 0.279 e. The number of anilines is 1. The number of amides is 3. The van der Waals surface area contributed by atoms with Crippen LogP contribution in [0.15, 0.2) is 42.0 Å². The van der Waals surface area contributed by atoms with Crippen molar-refractivity contribution in [2.24, 2.45) is 10.4 Å². The lowest BCUT2D eigenvalue weighted by atomic mass is 9.88. The first-order valence-corrected chi connectivity index (χ1v) is 13.5.